The summed E-state index contributed by atoms with van der Waals surface area (Å²) in [5.74, 6) is 0. The van der Waals surface area contributed by atoms with Crippen molar-refractivity contribution >= 4 is 0 Å². The highest BCUT2D eigenvalue weighted by Crippen LogP contribution is 1.92. The molecule has 0 unspecified atom stereocenters. The van der Waals surface area contributed by atoms with E-state index >= 15 is 0 Å². The second-order valence-electron chi connectivity index (χ2n) is 1.93. The molecule has 0 spiro atoms. The molecular formula is C7H12N2. The molecule has 0 aliphatic carbocycles. The number of hydrogen-bond acceptors (Lipinski definition) is 2. The van der Waals surface area contributed by atoms with Gasteiger partial charge < -0.3 is 5.01 Å². The van der Waals surface area contributed by atoms with E-state index in [0.29, 0.717) is 0 Å². The molecule has 0 aromatic heterocycles. The highest BCUT2D eigenvalue weighted by Gasteiger charge is 1.93. The fourth-order valence-electron chi connectivity index (χ4n) is 0.788. The molecule has 2 nitrogen and oxygen atoms in total. The third-order valence-electron chi connectivity index (χ3n) is 1.18. The lowest BCUT2D eigenvalue weighted by Crippen LogP contribution is -2.33. The molecule has 0 atom stereocenters. The Kier molecular flexibility index (Phi) is 2.33. The standard InChI is InChI=1S/C7H12N2/c1-2-8-9-6-4-3-5-7-9/h3-6,8H,2,7H2,1H3. The van der Waals surface area contributed by atoms with Crippen molar-refractivity contribution in [3.8, 4) is 0 Å². The Hall–Kier alpha value is -0.760. The lowest BCUT2D eigenvalue weighted by atomic mass is 10.4. The monoisotopic (exact) mass is 124 g/mol. The first kappa shape index (κ1) is 6.36. The van der Waals surface area contributed by atoms with Gasteiger partial charge in [-0.3, -0.25) is 0 Å². The Labute approximate surface area is 55.8 Å². The second-order valence-corrected chi connectivity index (χ2v) is 1.93. The number of rotatable bonds is 2. The second kappa shape index (κ2) is 3.30. The molecule has 1 N–H and O–H groups in total. The van der Waals surface area contributed by atoms with Gasteiger partial charge in [0.05, 0.1) is 6.54 Å². The summed E-state index contributed by atoms with van der Waals surface area (Å²) < 4.78 is 0. The highest BCUT2D eigenvalue weighted by atomic mass is 15.5. The van der Waals surface area contributed by atoms with Gasteiger partial charge in [-0.15, -0.1) is 0 Å². The van der Waals surface area contributed by atoms with Gasteiger partial charge in [0.2, 0.25) is 0 Å². The van der Waals surface area contributed by atoms with Crippen LogP contribution >= 0.6 is 0 Å². The van der Waals surface area contributed by atoms with Gasteiger partial charge in [-0.2, -0.15) is 0 Å². The van der Waals surface area contributed by atoms with E-state index in [1.165, 1.54) is 0 Å². The summed E-state index contributed by atoms with van der Waals surface area (Å²) in [6.45, 7) is 4.05. The Morgan fingerprint density at radius 3 is 3.00 bits per heavy atom. The van der Waals surface area contributed by atoms with Crippen molar-refractivity contribution in [3.63, 3.8) is 0 Å². The number of nitrogens with zero attached hydrogens (tertiary/aromatic N) is 1. The summed E-state index contributed by atoms with van der Waals surface area (Å²) in [6, 6.07) is 0. The van der Waals surface area contributed by atoms with Crippen molar-refractivity contribution in [1.29, 1.82) is 0 Å². The largest absolute Gasteiger partial charge is 0.312 e. The van der Waals surface area contributed by atoms with Crippen LogP contribution in [-0.2, 0) is 0 Å². The summed E-state index contributed by atoms with van der Waals surface area (Å²) in [7, 11) is 0. The fourth-order valence-corrected chi connectivity index (χ4v) is 0.788. The van der Waals surface area contributed by atoms with Crippen molar-refractivity contribution < 1.29 is 0 Å². The summed E-state index contributed by atoms with van der Waals surface area (Å²) >= 11 is 0. The summed E-state index contributed by atoms with van der Waals surface area (Å²) in [4.78, 5) is 0. The van der Waals surface area contributed by atoms with E-state index in [-0.39, 0.29) is 0 Å². The average molecular weight is 124 g/mol. The molecule has 0 saturated carbocycles. The van der Waals surface area contributed by atoms with E-state index in [0.717, 1.165) is 13.1 Å². The molecular weight excluding hydrogens is 112 g/mol. The van der Waals surface area contributed by atoms with Crippen LogP contribution in [-0.4, -0.2) is 18.1 Å². The van der Waals surface area contributed by atoms with Gasteiger partial charge in [-0.25, -0.2) is 5.43 Å². The van der Waals surface area contributed by atoms with Crippen LogP contribution in [0.2, 0.25) is 0 Å². The lowest BCUT2D eigenvalue weighted by molar-refractivity contribution is 0.303. The molecule has 0 saturated heterocycles. The van der Waals surface area contributed by atoms with E-state index in [4.69, 9.17) is 0 Å². The molecule has 0 fully saturated rings. The minimum absolute atomic E-state index is 0.977. The van der Waals surface area contributed by atoms with Crippen LogP contribution in [0.5, 0.6) is 0 Å². The maximum absolute atomic E-state index is 3.18. The lowest BCUT2D eigenvalue weighted by Gasteiger charge is -2.19. The first-order chi connectivity index (χ1) is 4.43. The Balaban J connectivity index is 2.28. The third-order valence-corrected chi connectivity index (χ3v) is 1.18. The zero-order chi connectivity index (χ0) is 6.53. The summed E-state index contributed by atoms with van der Waals surface area (Å²) in [5, 5.41) is 2.06. The zero-order valence-electron chi connectivity index (χ0n) is 5.67. The molecule has 50 valence electrons. The van der Waals surface area contributed by atoms with Gasteiger partial charge >= 0.3 is 0 Å². The minimum Gasteiger partial charge on any atom is -0.312 e. The van der Waals surface area contributed by atoms with E-state index in [2.05, 4.69) is 23.4 Å². The molecule has 2 heteroatoms. The molecule has 1 heterocycles. The smallest absolute Gasteiger partial charge is 0.0521 e. The topological polar surface area (TPSA) is 15.3 Å². The molecule has 9 heavy (non-hydrogen) atoms. The average Bonchev–Trinajstić information content (AvgIpc) is 1.91. The first-order valence-corrected chi connectivity index (χ1v) is 3.27. The van der Waals surface area contributed by atoms with Gasteiger partial charge in [-0.05, 0) is 6.08 Å². The van der Waals surface area contributed by atoms with Gasteiger partial charge in [-0.1, -0.05) is 19.1 Å². The molecule has 0 bridgehead atoms. The van der Waals surface area contributed by atoms with E-state index in [9.17, 15) is 0 Å². The predicted molar refractivity (Wildman–Crippen MR) is 38.7 cm³/mol. The van der Waals surface area contributed by atoms with Crippen LogP contribution in [0.15, 0.2) is 24.4 Å². The summed E-state index contributed by atoms with van der Waals surface area (Å²) in [6.07, 6.45) is 8.21. The van der Waals surface area contributed by atoms with Crippen molar-refractivity contribution in [3.05, 3.63) is 24.4 Å². The van der Waals surface area contributed by atoms with Crippen molar-refractivity contribution in [2.45, 2.75) is 6.92 Å². The van der Waals surface area contributed by atoms with Crippen molar-refractivity contribution in [2.24, 2.45) is 0 Å². The van der Waals surface area contributed by atoms with Gasteiger partial charge in [0.15, 0.2) is 0 Å². The molecule has 1 rings (SSSR count). The normalized spacial score (nSPS) is 16.8. The fraction of sp³-hybridized carbons (Fsp3) is 0.429. The van der Waals surface area contributed by atoms with Crippen molar-refractivity contribution in [1.82, 2.24) is 10.4 Å². The van der Waals surface area contributed by atoms with Crippen LogP contribution in [0, 0.1) is 0 Å². The Morgan fingerprint density at radius 1 is 1.56 bits per heavy atom. The van der Waals surface area contributed by atoms with Crippen LogP contribution in [0.3, 0.4) is 0 Å². The van der Waals surface area contributed by atoms with E-state index in [1.807, 2.05) is 18.4 Å². The molecule has 1 aliphatic heterocycles. The van der Waals surface area contributed by atoms with E-state index in [1.54, 1.807) is 0 Å². The van der Waals surface area contributed by atoms with Crippen LogP contribution in [0.25, 0.3) is 0 Å². The van der Waals surface area contributed by atoms with E-state index < -0.39 is 0 Å². The maximum atomic E-state index is 3.18. The molecule has 0 radical (unpaired) electrons. The predicted octanol–water partition coefficient (Wildman–Crippen LogP) is 0.896. The van der Waals surface area contributed by atoms with Crippen LogP contribution in [0.4, 0.5) is 0 Å². The highest BCUT2D eigenvalue weighted by molar-refractivity contribution is 5.07. The Bertz CT molecular complexity index is 127. The SMILES string of the molecule is CCNN1C=CC=CC1. The van der Waals surface area contributed by atoms with Crippen molar-refractivity contribution in [2.75, 3.05) is 13.1 Å². The van der Waals surface area contributed by atoms with Crippen LogP contribution < -0.4 is 5.43 Å². The maximum Gasteiger partial charge on any atom is 0.0521 e. The quantitative estimate of drug-likeness (QED) is 0.588. The Morgan fingerprint density at radius 2 is 2.44 bits per heavy atom. The van der Waals surface area contributed by atoms with Crippen LogP contribution in [0.1, 0.15) is 6.92 Å². The molecule has 1 aliphatic rings. The van der Waals surface area contributed by atoms with Gasteiger partial charge in [0, 0.05) is 12.7 Å². The summed E-state index contributed by atoms with van der Waals surface area (Å²) in [5.41, 5.74) is 3.18. The molecule has 0 aromatic carbocycles. The number of allylic oxidation sites excluding steroid dienone is 2. The zero-order valence-corrected chi connectivity index (χ0v) is 5.67. The van der Waals surface area contributed by atoms with Gasteiger partial charge in [0.1, 0.15) is 0 Å². The number of hydrogen-bond donors (Lipinski definition) is 1. The molecule has 0 aromatic rings. The first-order valence-electron chi connectivity index (χ1n) is 3.27. The molecule has 0 amide bonds. The minimum atomic E-state index is 0.977. The third kappa shape index (κ3) is 1.90. The number of hydrazine groups is 1. The number of nitrogens with one attached hydrogen (secondary N) is 1. The van der Waals surface area contributed by atoms with Gasteiger partial charge in [0.25, 0.3) is 0 Å².